The summed E-state index contributed by atoms with van der Waals surface area (Å²) in [6, 6.07) is 0. The van der Waals surface area contributed by atoms with E-state index in [-0.39, 0.29) is 4.65 Å². The van der Waals surface area contributed by atoms with Crippen LogP contribution in [0.1, 0.15) is 6.92 Å². The number of rotatable bonds is 1. The van der Waals surface area contributed by atoms with Crippen molar-refractivity contribution in [2.24, 2.45) is 4.99 Å². The summed E-state index contributed by atoms with van der Waals surface area (Å²) in [4.78, 5) is 3.84. The molecule has 46 valence electrons. The Labute approximate surface area is 48.8 Å². The lowest BCUT2D eigenvalue weighted by Gasteiger charge is -2.32. The molecule has 0 aromatic rings. The number of hydrogen-bond acceptors (Lipinski definition) is 2. The first kappa shape index (κ1) is 5.72. The Morgan fingerprint density at radius 3 is 2.88 bits per heavy atom. The Balaban J connectivity index is 2.54. The molecule has 0 aromatic carbocycles. The van der Waals surface area contributed by atoms with Gasteiger partial charge in [-0.3, -0.25) is 0 Å². The summed E-state index contributed by atoms with van der Waals surface area (Å²) in [6.07, 6.45) is 1.49. The van der Waals surface area contributed by atoms with Crippen LogP contribution >= 0.6 is 0 Å². The molecule has 1 aliphatic heterocycles. The summed E-state index contributed by atoms with van der Waals surface area (Å²) in [5.74, 6) is 0. The van der Waals surface area contributed by atoms with Gasteiger partial charge in [-0.1, -0.05) is 0 Å². The van der Waals surface area contributed by atoms with E-state index in [1.54, 1.807) is 0 Å². The molecular weight excluding hydrogens is 104 g/mol. The highest BCUT2D eigenvalue weighted by Gasteiger charge is 2.14. The van der Waals surface area contributed by atoms with E-state index in [0.717, 1.165) is 0 Å². The second-order valence-corrected chi connectivity index (χ2v) is 2.01. The Morgan fingerprint density at radius 2 is 2.62 bits per heavy atom. The monoisotopic (exact) mass is 114 g/mol. The highest BCUT2D eigenvalue weighted by molar-refractivity contribution is 5.48. The predicted octanol–water partition coefficient (Wildman–Crippen LogP) is 0.363. The highest BCUT2D eigenvalue weighted by Crippen LogP contribution is 2.03. The maximum atomic E-state index is 11.1. The lowest BCUT2D eigenvalue weighted by atomic mass is 10.5. The number of hydroxylamine groups is 3. The lowest BCUT2D eigenvalue weighted by molar-refractivity contribution is -0.773. The molecule has 0 N–H and O–H groups in total. The van der Waals surface area contributed by atoms with E-state index in [2.05, 4.69) is 4.99 Å². The van der Waals surface area contributed by atoms with Crippen LogP contribution in [-0.4, -0.2) is 30.6 Å². The second-order valence-electron chi connectivity index (χ2n) is 2.01. The smallest absolute Gasteiger partial charge is 0.185 e. The average molecular weight is 114 g/mol. The fourth-order valence-corrected chi connectivity index (χ4v) is 0.731. The van der Waals surface area contributed by atoms with Gasteiger partial charge in [-0.05, 0) is 6.92 Å². The minimum atomic E-state index is -0.222. The molecule has 0 fully saturated rings. The number of aliphatic imine (C=N–C) groups is 1. The standard InChI is InChI=1S/C5H10N2O/c1-2-7(8)4-3-6-5-7/h5H,2-4H2,1H3. The van der Waals surface area contributed by atoms with Gasteiger partial charge in [-0.15, -0.1) is 0 Å². The van der Waals surface area contributed by atoms with Crippen molar-refractivity contribution in [2.75, 3.05) is 19.6 Å². The van der Waals surface area contributed by atoms with Crippen molar-refractivity contribution >= 4 is 6.34 Å². The zero-order valence-electron chi connectivity index (χ0n) is 5.00. The normalized spacial score (nSPS) is 36.2. The molecule has 1 atom stereocenters. The van der Waals surface area contributed by atoms with Crippen molar-refractivity contribution in [3.8, 4) is 0 Å². The number of likely N-dealkylation sites (N-methyl/N-ethyl adjacent to an activating group) is 1. The molecule has 3 heteroatoms. The third-order valence-corrected chi connectivity index (χ3v) is 1.43. The Kier molecular flexibility index (Phi) is 1.31. The minimum Gasteiger partial charge on any atom is -0.627 e. The molecule has 1 unspecified atom stereocenters. The number of quaternary nitrogens is 1. The van der Waals surface area contributed by atoms with Crippen LogP contribution < -0.4 is 0 Å². The van der Waals surface area contributed by atoms with Crippen molar-refractivity contribution in [1.29, 1.82) is 0 Å². The first-order valence-electron chi connectivity index (χ1n) is 2.85. The molecule has 1 aliphatic rings. The Hall–Kier alpha value is -0.410. The van der Waals surface area contributed by atoms with Gasteiger partial charge in [-0.25, -0.2) is 4.99 Å². The summed E-state index contributed by atoms with van der Waals surface area (Å²) in [5.41, 5.74) is 0. The van der Waals surface area contributed by atoms with Gasteiger partial charge < -0.3 is 9.85 Å². The SMILES string of the molecule is CC[N+]1([O-])C=NCC1. The van der Waals surface area contributed by atoms with E-state index in [1.165, 1.54) is 6.34 Å². The van der Waals surface area contributed by atoms with Gasteiger partial charge >= 0.3 is 0 Å². The molecule has 1 heterocycles. The van der Waals surface area contributed by atoms with E-state index in [4.69, 9.17) is 0 Å². The number of nitrogens with zero attached hydrogens (tertiary/aromatic N) is 2. The molecule has 0 saturated heterocycles. The van der Waals surface area contributed by atoms with Gasteiger partial charge in [0, 0.05) is 0 Å². The van der Waals surface area contributed by atoms with Crippen molar-refractivity contribution in [2.45, 2.75) is 6.92 Å². The summed E-state index contributed by atoms with van der Waals surface area (Å²) in [7, 11) is 0. The topological polar surface area (TPSA) is 35.4 Å². The molecule has 0 aliphatic carbocycles. The van der Waals surface area contributed by atoms with Crippen LogP contribution in [0.15, 0.2) is 4.99 Å². The van der Waals surface area contributed by atoms with E-state index < -0.39 is 0 Å². The summed E-state index contributed by atoms with van der Waals surface area (Å²) >= 11 is 0. The third kappa shape index (κ3) is 0.877. The largest absolute Gasteiger partial charge is 0.627 e. The van der Waals surface area contributed by atoms with Gasteiger partial charge in [0.05, 0.1) is 13.1 Å². The molecule has 1 rings (SSSR count). The van der Waals surface area contributed by atoms with E-state index in [0.29, 0.717) is 19.6 Å². The van der Waals surface area contributed by atoms with Crippen LogP contribution in [0.25, 0.3) is 0 Å². The van der Waals surface area contributed by atoms with Crippen LogP contribution in [0, 0.1) is 5.21 Å². The van der Waals surface area contributed by atoms with Crippen molar-refractivity contribution < 1.29 is 4.65 Å². The molecule has 0 saturated carbocycles. The van der Waals surface area contributed by atoms with Crippen molar-refractivity contribution in [1.82, 2.24) is 0 Å². The van der Waals surface area contributed by atoms with Crippen molar-refractivity contribution in [3.63, 3.8) is 0 Å². The zero-order valence-corrected chi connectivity index (χ0v) is 5.00. The summed E-state index contributed by atoms with van der Waals surface area (Å²) in [6.45, 7) is 3.83. The zero-order chi connectivity index (χ0) is 6.04. The van der Waals surface area contributed by atoms with E-state index in [9.17, 15) is 5.21 Å². The maximum absolute atomic E-state index is 11.1. The minimum absolute atomic E-state index is 0.222. The maximum Gasteiger partial charge on any atom is 0.185 e. The van der Waals surface area contributed by atoms with E-state index in [1.807, 2.05) is 6.92 Å². The van der Waals surface area contributed by atoms with Gasteiger partial charge in [0.2, 0.25) is 0 Å². The van der Waals surface area contributed by atoms with Crippen LogP contribution in [0.4, 0.5) is 0 Å². The lowest BCUT2D eigenvalue weighted by Crippen LogP contribution is -2.38. The molecule has 0 aromatic heterocycles. The van der Waals surface area contributed by atoms with E-state index >= 15 is 0 Å². The van der Waals surface area contributed by atoms with Crippen molar-refractivity contribution in [3.05, 3.63) is 5.21 Å². The highest BCUT2D eigenvalue weighted by atomic mass is 16.5. The second kappa shape index (κ2) is 1.84. The molecule has 3 nitrogen and oxygen atoms in total. The first-order chi connectivity index (χ1) is 3.77. The average Bonchev–Trinajstić information content (AvgIpc) is 2.17. The molecule has 0 radical (unpaired) electrons. The van der Waals surface area contributed by atoms with Crippen LogP contribution in [0.2, 0.25) is 0 Å². The fraction of sp³-hybridized carbons (Fsp3) is 0.800. The summed E-state index contributed by atoms with van der Waals surface area (Å²) < 4.78 is -0.222. The molecule has 8 heavy (non-hydrogen) atoms. The third-order valence-electron chi connectivity index (χ3n) is 1.43. The van der Waals surface area contributed by atoms with Gasteiger partial charge in [0.1, 0.15) is 6.54 Å². The van der Waals surface area contributed by atoms with Crippen LogP contribution in [0.3, 0.4) is 0 Å². The first-order valence-corrected chi connectivity index (χ1v) is 2.85. The summed E-state index contributed by atoms with van der Waals surface area (Å²) in [5, 5.41) is 11.1. The molecule has 0 amide bonds. The quantitative estimate of drug-likeness (QED) is 0.358. The molecular formula is C5H10N2O. The van der Waals surface area contributed by atoms with Gasteiger partial charge in [0.25, 0.3) is 0 Å². The van der Waals surface area contributed by atoms with Gasteiger partial charge in [-0.2, -0.15) is 0 Å². The predicted molar refractivity (Wildman–Crippen MR) is 32.4 cm³/mol. The Morgan fingerprint density at radius 1 is 1.88 bits per heavy atom. The van der Waals surface area contributed by atoms with Crippen LogP contribution in [-0.2, 0) is 0 Å². The fourth-order valence-electron chi connectivity index (χ4n) is 0.731. The Bertz CT molecular complexity index is 113. The van der Waals surface area contributed by atoms with Crippen LogP contribution in [0.5, 0.6) is 0 Å². The molecule has 0 bridgehead atoms. The number of hydrogen-bond donors (Lipinski definition) is 0. The molecule has 0 spiro atoms. The van der Waals surface area contributed by atoms with Gasteiger partial charge in [0.15, 0.2) is 6.34 Å².